The normalized spacial score (nSPS) is 14.8. The Labute approximate surface area is 223 Å². The standard InChI is InChI=1S/C27H28F3N3O6/c1-35-24-32-22(17-23(33-24)31-13-10-18-6-8-21(9-7-18)38-27(28,29)30)19-4-3-5-20(16-19)26(39-25(34)36-2)11-14-37-15-12-26/h3-9,16-17H,10-15H2,1-2H3,(H,31,32,33). The minimum atomic E-state index is -4.73. The van der Waals surface area contributed by atoms with Crippen molar-refractivity contribution in [2.75, 3.05) is 39.3 Å². The first-order valence-corrected chi connectivity index (χ1v) is 12.2. The molecule has 2 heterocycles. The summed E-state index contributed by atoms with van der Waals surface area (Å²) in [5.41, 5.74) is 2.06. The average Bonchev–Trinajstić information content (AvgIpc) is 2.93. The van der Waals surface area contributed by atoms with Gasteiger partial charge in [0, 0.05) is 31.0 Å². The van der Waals surface area contributed by atoms with Gasteiger partial charge in [-0.15, -0.1) is 13.2 Å². The van der Waals surface area contributed by atoms with Crippen molar-refractivity contribution in [3.05, 3.63) is 65.7 Å². The lowest BCUT2D eigenvalue weighted by atomic mass is 9.85. The van der Waals surface area contributed by atoms with Gasteiger partial charge in [0.2, 0.25) is 0 Å². The Morgan fingerprint density at radius 1 is 1.05 bits per heavy atom. The predicted octanol–water partition coefficient (Wildman–Crippen LogP) is 5.49. The van der Waals surface area contributed by atoms with Crippen LogP contribution in [0.25, 0.3) is 11.3 Å². The second-order valence-corrected chi connectivity index (χ2v) is 8.74. The molecule has 1 aliphatic heterocycles. The van der Waals surface area contributed by atoms with E-state index in [0.29, 0.717) is 50.5 Å². The number of rotatable bonds is 9. The van der Waals surface area contributed by atoms with Crippen LogP contribution in [0.15, 0.2) is 54.6 Å². The molecule has 1 N–H and O–H groups in total. The van der Waals surface area contributed by atoms with Gasteiger partial charge in [-0.2, -0.15) is 9.97 Å². The van der Waals surface area contributed by atoms with E-state index in [0.717, 1.165) is 16.7 Å². The van der Waals surface area contributed by atoms with Crippen LogP contribution >= 0.6 is 0 Å². The zero-order valence-corrected chi connectivity index (χ0v) is 21.4. The number of alkyl halides is 3. The average molecular weight is 548 g/mol. The van der Waals surface area contributed by atoms with Crippen LogP contribution in [-0.4, -0.2) is 56.5 Å². The molecule has 12 heteroatoms. The predicted molar refractivity (Wildman–Crippen MR) is 135 cm³/mol. The van der Waals surface area contributed by atoms with E-state index in [1.807, 2.05) is 24.3 Å². The van der Waals surface area contributed by atoms with Crippen LogP contribution in [0, 0.1) is 0 Å². The van der Waals surface area contributed by atoms with Gasteiger partial charge in [0.25, 0.3) is 0 Å². The molecule has 0 spiro atoms. The van der Waals surface area contributed by atoms with Gasteiger partial charge in [0.15, 0.2) is 0 Å². The molecule has 0 radical (unpaired) electrons. The number of hydrogen-bond donors (Lipinski definition) is 1. The molecule has 0 atom stereocenters. The molecule has 208 valence electrons. The molecule has 9 nitrogen and oxygen atoms in total. The van der Waals surface area contributed by atoms with Crippen molar-refractivity contribution in [1.82, 2.24) is 9.97 Å². The van der Waals surface area contributed by atoms with Gasteiger partial charge >= 0.3 is 18.5 Å². The van der Waals surface area contributed by atoms with E-state index in [-0.39, 0.29) is 11.8 Å². The summed E-state index contributed by atoms with van der Waals surface area (Å²) in [6.45, 7) is 1.33. The Hall–Kier alpha value is -4.06. The van der Waals surface area contributed by atoms with Gasteiger partial charge in [0.1, 0.15) is 17.2 Å². The summed E-state index contributed by atoms with van der Waals surface area (Å²) in [6.07, 6.45) is -4.01. The zero-order chi connectivity index (χ0) is 27.9. The van der Waals surface area contributed by atoms with E-state index in [2.05, 4.69) is 20.0 Å². The van der Waals surface area contributed by atoms with Gasteiger partial charge < -0.3 is 29.0 Å². The molecule has 0 bridgehead atoms. The summed E-state index contributed by atoms with van der Waals surface area (Å²) >= 11 is 0. The molecule has 0 amide bonds. The molecule has 2 aromatic carbocycles. The number of methoxy groups -OCH3 is 2. The number of carbonyl (C=O) groups is 1. The van der Waals surface area contributed by atoms with E-state index < -0.39 is 18.1 Å². The lowest BCUT2D eigenvalue weighted by molar-refractivity contribution is -0.274. The van der Waals surface area contributed by atoms with Crippen LogP contribution in [0.3, 0.4) is 0 Å². The molecule has 0 aliphatic carbocycles. The number of benzene rings is 2. The molecule has 1 saturated heterocycles. The van der Waals surface area contributed by atoms with Crippen LogP contribution in [0.1, 0.15) is 24.0 Å². The van der Waals surface area contributed by atoms with Crippen molar-refractivity contribution in [2.24, 2.45) is 0 Å². The number of aromatic nitrogens is 2. The van der Waals surface area contributed by atoms with Gasteiger partial charge in [-0.25, -0.2) is 4.79 Å². The van der Waals surface area contributed by atoms with Gasteiger partial charge in [-0.1, -0.05) is 30.3 Å². The van der Waals surface area contributed by atoms with Gasteiger partial charge in [0.05, 0.1) is 33.1 Å². The fourth-order valence-corrected chi connectivity index (χ4v) is 4.26. The van der Waals surface area contributed by atoms with Crippen LogP contribution in [0.2, 0.25) is 0 Å². The number of ether oxygens (including phenoxy) is 5. The van der Waals surface area contributed by atoms with Crippen molar-refractivity contribution in [3.8, 4) is 23.0 Å². The lowest BCUT2D eigenvalue weighted by Gasteiger charge is -2.36. The molecule has 1 aromatic heterocycles. The summed E-state index contributed by atoms with van der Waals surface area (Å²) in [5, 5.41) is 3.21. The van der Waals surface area contributed by atoms with Crippen LogP contribution in [0.4, 0.5) is 23.8 Å². The topological polar surface area (TPSA) is 101 Å². The molecule has 3 aromatic rings. The summed E-state index contributed by atoms with van der Waals surface area (Å²) in [7, 11) is 2.73. The highest BCUT2D eigenvalue weighted by atomic mass is 19.4. The van der Waals surface area contributed by atoms with Gasteiger partial charge in [-0.05, 0) is 35.7 Å². The largest absolute Gasteiger partial charge is 0.573 e. The van der Waals surface area contributed by atoms with Crippen LogP contribution < -0.4 is 14.8 Å². The zero-order valence-electron chi connectivity index (χ0n) is 21.4. The highest BCUT2D eigenvalue weighted by Crippen LogP contribution is 2.38. The number of hydrogen-bond acceptors (Lipinski definition) is 9. The minimum Gasteiger partial charge on any atom is -0.467 e. The summed E-state index contributed by atoms with van der Waals surface area (Å²) < 4.78 is 62.3. The van der Waals surface area contributed by atoms with Crippen LogP contribution in [0.5, 0.6) is 11.8 Å². The van der Waals surface area contributed by atoms with Crippen molar-refractivity contribution in [1.29, 1.82) is 0 Å². The Morgan fingerprint density at radius 3 is 2.46 bits per heavy atom. The van der Waals surface area contributed by atoms with Crippen molar-refractivity contribution in [2.45, 2.75) is 31.2 Å². The highest BCUT2D eigenvalue weighted by molar-refractivity contribution is 5.65. The fourth-order valence-electron chi connectivity index (χ4n) is 4.26. The van der Waals surface area contributed by atoms with E-state index in [1.165, 1.54) is 26.4 Å². The SMILES string of the molecule is COC(=O)OC1(c2cccc(-c3cc(NCCc4ccc(OC(F)(F)F)cc4)nc(OC)n3)c2)CCOCC1. The Kier molecular flexibility index (Phi) is 8.75. The lowest BCUT2D eigenvalue weighted by Crippen LogP contribution is -2.38. The Morgan fingerprint density at radius 2 is 1.79 bits per heavy atom. The van der Waals surface area contributed by atoms with Crippen molar-refractivity contribution >= 4 is 12.0 Å². The first kappa shape index (κ1) is 28.0. The summed E-state index contributed by atoms with van der Waals surface area (Å²) in [4.78, 5) is 20.9. The quantitative estimate of drug-likeness (QED) is 0.348. The van der Waals surface area contributed by atoms with E-state index in [1.54, 1.807) is 18.2 Å². The molecule has 0 saturated carbocycles. The number of anilines is 1. The van der Waals surface area contributed by atoms with Crippen molar-refractivity contribution < 1.29 is 41.7 Å². The first-order valence-electron chi connectivity index (χ1n) is 12.2. The maximum atomic E-state index is 12.4. The van der Waals surface area contributed by atoms with Gasteiger partial charge in [-0.3, -0.25) is 0 Å². The minimum absolute atomic E-state index is 0.153. The summed E-state index contributed by atoms with van der Waals surface area (Å²) in [6, 6.07) is 15.1. The van der Waals surface area contributed by atoms with E-state index >= 15 is 0 Å². The maximum Gasteiger partial charge on any atom is 0.573 e. The van der Waals surface area contributed by atoms with E-state index in [9.17, 15) is 18.0 Å². The molecule has 39 heavy (non-hydrogen) atoms. The third-order valence-corrected chi connectivity index (χ3v) is 6.20. The first-order chi connectivity index (χ1) is 18.7. The molecule has 4 rings (SSSR count). The molecule has 0 unspecified atom stereocenters. The second kappa shape index (κ2) is 12.2. The number of halogens is 3. The Balaban J connectivity index is 1.50. The van der Waals surface area contributed by atoms with E-state index in [4.69, 9.17) is 18.9 Å². The summed E-state index contributed by atoms with van der Waals surface area (Å²) in [5.74, 6) is 0.233. The molecule has 1 aliphatic rings. The van der Waals surface area contributed by atoms with Crippen molar-refractivity contribution in [3.63, 3.8) is 0 Å². The third-order valence-electron chi connectivity index (χ3n) is 6.20. The molecular formula is C27H28F3N3O6. The molecular weight excluding hydrogens is 519 g/mol. The van der Waals surface area contributed by atoms with Crippen LogP contribution in [-0.2, 0) is 26.2 Å². The third kappa shape index (κ3) is 7.50. The monoisotopic (exact) mass is 547 g/mol. The number of nitrogens with one attached hydrogen (secondary N) is 1. The number of carbonyl (C=O) groups excluding carboxylic acids is 1. The second-order valence-electron chi connectivity index (χ2n) is 8.74. The smallest absolute Gasteiger partial charge is 0.467 e. The number of nitrogens with zero attached hydrogens (tertiary/aromatic N) is 2. The maximum absolute atomic E-state index is 12.4. The molecule has 1 fully saturated rings. The highest BCUT2D eigenvalue weighted by Gasteiger charge is 2.39. The fraction of sp³-hybridized carbons (Fsp3) is 0.370. The Bertz CT molecular complexity index is 1260.